The van der Waals surface area contributed by atoms with Gasteiger partial charge in [0.2, 0.25) is 5.79 Å². The molecule has 0 aromatic rings. The molecule has 3 fully saturated rings. The number of ether oxygens (including phenoxy) is 4. The standard InChI is InChI=1S/C14H22O5/c1-11(2)18-10(15)14-6-9(17-8-16-5)12(14,3)7-13(14,4)19-11/h9H,6-8H2,1-5H3/t9-,12-,13+,14-/m1/s1. The van der Waals surface area contributed by atoms with Gasteiger partial charge in [0.25, 0.3) is 0 Å². The first-order chi connectivity index (χ1) is 8.71. The molecule has 3 aliphatic rings. The Hall–Kier alpha value is -0.650. The Morgan fingerprint density at radius 1 is 1.32 bits per heavy atom. The predicted molar refractivity (Wildman–Crippen MR) is 66.2 cm³/mol. The van der Waals surface area contributed by atoms with Gasteiger partial charge in [-0.05, 0) is 19.8 Å². The number of hydrogen-bond acceptors (Lipinski definition) is 5. The van der Waals surface area contributed by atoms with Gasteiger partial charge < -0.3 is 18.9 Å². The van der Waals surface area contributed by atoms with Gasteiger partial charge in [-0.15, -0.1) is 0 Å². The number of rotatable bonds is 3. The molecule has 1 aliphatic heterocycles. The van der Waals surface area contributed by atoms with Crippen molar-refractivity contribution in [1.82, 2.24) is 0 Å². The van der Waals surface area contributed by atoms with Crippen LogP contribution in [0.25, 0.3) is 0 Å². The molecule has 0 N–H and O–H groups in total. The number of carbonyl (C=O) groups excluding carboxylic acids is 1. The van der Waals surface area contributed by atoms with Gasteiger partial charge in [-0.3, -0.25) is 4.79 Å². The summed E-state index contributed by atoms with van der Waals surface area (Å²) in [5.74, 6) is -0.978. The molecule has 0 aromatic carbocycles. The molecule has 2 aliphatic carbocycles. The second-order valence-corrected chi connectivity index (χ2v) is 6.89. The molecule has 19 heavy (non-hydrogen) atoms. The summed E-state index contributed by atoms with van der Waals surface area (Å²) in [6, 6.07) is 0. The van der Waals surface area contributed by atoms with Gasteiger partial charge in [0, 0.05) is 26.4 Å². The summed E-state index contributed by atoms with van der Waals surface area (Å²) in [4.78, 5) is 12.5. The minimum absolute atomic E-state index is 0.0397. The third-order valence-electron chi connectivity index (χ3n) is 5.33. The van der Waals surface area contributed by atoms with Gasteiger partial charge in [-0.1, -0.05) is 6.92 Å². The molecule has 0 unspecified atom stereocenters. The third kappa shape index (κ3) is 1.33. The van der Waals surface area contributed by atoms with Crippen LogP contribution in [0.1, 0.15) is 40.5 Å². The Morgan fingerprint density at radius 3 is 2.53 bits per heavy atom. The average Bonchev–Trinajstić information content (AvgIpc) is 2.24. The summed E-state index contributed by atoms with van der Waals surface area (Å²) in [6.07, 6.45) is 1.50. The van der Waals surface area contributed by atoms with E-state index in [4.69, 9.17) is 18.9 Å². The zero-order chi connectivity index (χ0) is 14.1. The van der Waals surface area contributed by atoms with Crippen molar-refractivity contribution in [2.75, 3.05) is 13.9 Å². The van der Waals surface area contributed by atoms with Crippen LogP contribution in [-0.2, 0) is 23.7 Å². The van der Waals surface area contributed by atoms with Crippen LogP contribution < -0.4 is 0 Å². The summed E-state index contributed by atoms with van der Waals surface area (Å²) in [6.45, 7) is 7.94. The average molecular weight is 270 g/mol. The highest BCUT2D eigenvalue weighted by molar-refractivity contribution is 5.84. The van der Waals surface area contributed by atoms with Gasteiger partial charge in [0.1, 0.15) is 12.2 Å². The van der Waals surface area contributed by atoms with Crippen molar-refractivity contribution in [1.29, 1.82) is 0 Å². The largest absolute Gasteiger partial charge is 0.433 e. The first kappa shape index (κ1) is 13.3. The number of cyclic esters (lactones) is 1. The van der Waals surface area contributed by atoms with E-state index in [9.17, 15) is 4.79 Å². The molecule has 4 atom stereocenters. The van der Waals surface area contributed by atoms with E-state index >= 15 is 0 Å². The van der Waals surface area contributed by atoms with Gasteiger partial charge >= 0.3 is 5.97 Å². The van der Waals surface area contributed by atoms with Gasteiger partial charge in [-0.25, -0.2) is 0 Å². The second-order valence-electron chi connectivity index (χ2n) is 6.89. The lowest BCUT2D eigenvalue weighted by Crippen LogP contribution is -2.86. The van der Waals surface area contributed by atoms with Crippen LogP contribution in [0.5, 0.6) is 0 Å². The molecule has 0 radical (unpaired) electrons. The maximum Gasteiger partial charge on any atom is 0.318 e. The van der Waals surface area contributed by atoms with Crippen molar-refractivity contribution in [3.8, 4) is 0 Å². The maximum atomic E-state index is 12.5. The Balaban J connectivity index is 1.85. The van der Waals surface area contributed by atoms with Crippen LogP contribution in [0.4, 0.5) is 0 Å². The van der Waals surface area contributed by atoms with Crippen LogP contribution in [0.3, 0.4) is 0 Å². The zero-order valence-electron chi connectivity index (χ0n) is 12.2. The van der Waals surface area contributed by atoms with E-state index < -0.39 is 16.8 Å². The van der Waals surface area contributed by atoms with E-state index in [-0.39, 0.29) is 24.3 Å². The first-order valence-corrected chi connectivity index (χ1v) is 6.75. The Kier molecular flexibility index (Phi) is 2.46. The fraction of sp³-hybridized carbons (Fsp3) is 0.929. The van der Waals surface area contributed by atoms with Crippen LogP contribution in [0.15, 0.2) is 0 Å². The summed E-state index contributed by atoms with van der Waals surface area (Å²) >= 11 is 0. The monoisotopic (exact) mass is 270 g/mol. The van der Waals surface area contributed by atoms with Crippen molar-refractivity contribution in [3.63, 3.8) is 0 Å². The molecule has 5 heteroatoms. The third-order valence-corrected chi connectivity index (χ3v) is 5.33. The Morgan fingerprint density at radius 2 is 2.00 bits per heavy atom. The van der Waals surface area contributed by atoms with Crippen LogP contribution in [-0.4, -0.2) is 37.4 Å². The lowest BCUT2D eigenvalue weighted by Gasteiger charge is -2.78. The van der Waals surface area contributed by atoms with E-state index in [0.29, 0.717) is 6.42 Å². The highest BCUT2D eigenvalue weighted by Crippen LogP contribution is 2.78. The SMILES string of the molecule is COCO[C@@H]1C[C@]23C(=O)OC(C)(C)O[C@@]2(C)C[C@]13C. The summed E-state index contributed by atoms with van der Waals surface area (Å²) in [5.41, 5.74) is -1.19. The van der Waals surface area contributed by atoms with Gasteiger partial charge in [0.05, 0.1) is 11.7 Å². The van der Waals surface area contributed by atoms with Crippen LogP contribution in [0.2, 0.25) is 0 Å². The number of esters is 1. The van der Waals surface area contributed by atoms with Crippen LogP contribution in [0, 0.1) is 10.8 Å². The lowest BCUT2D eigenvalue weighted by atomic mass is 9.30. The molecule has 3 rings (SSSR count). The zero-order valence-corrected chi connectivity index (χ0v) is 12.2. The normalized spacial score (nSPS) is 50.4. The van der Waals surface area contributed by atoms with E-state index in [1.54, 1.807) is 21.0 Å². The molecular weight excluding hydrogens is 248 g/mol. The van der Waals surface area contributed by atoms with Crippen LogP contribution >= 0.6 is 0 Å². The minimum Gasteiger partial charge on any atom is -0.433 e. The molecule has 2 saturated carbocycles. The lowest BCUT2D eigenvalue weighted by molar-refractivity contribution is -0.437. The highest BCUT2D eigenvalue weighted by Gasteiger charge is 2.86. The molecule has 5 nitrogen and oxygen atoms in total. The molecule has 1 spiro atoms. The molecule has 0 aromatic heterocycles. The van der Waals surface area contributed by atoms with Gasteiger partial charge in [-0.2, -0.15) is 0 Å². The number of methoxy groups -OCH3 is 1. The molecule has 1 heterocycles. The second kappa shape index (κ2) is 3.51. The van der Waals surface area contributed by atoms with E-state index in [0.717, 1.165) is 6.42 Å². The minimum atomic E-state index is -0.836. The Labute approximate surface area is 113 Å². The number of hydrogen-bond donors (Lipinski definition) is 0. The molecule has 108 valence electrons. The summed E-state index contributed by atoms with van der Waals surface area (Å²) in [5, 5.41) is 0. The van der Waals surface area contributed by atoms with Gasteiger partial charge in [0.15, 0.2) is 0 Å². The van der Waals surface area contributed by atoms with Crippen molar-refractivity contribution in [2.45, 2.75) is 58.0 Å². The topological polar surface area (TPSA) is 54.0 Å². The fourth-order valence-corrected chi connectivity index (χ4v) is 4.63. The first-order valence-electron chi connectivity index (χ1n) is 6.75. The summed E-state index contributed by atoms with van der Waals surface area (Å²) < 4.78 is 22.1. The molecule has 0 bridgehead atoms. The molecule has 1 saturated heterocycles. The van der Waals surface area contributed by atoms with E-state index in [2.05, 4.69) is 6.92 Å². The van der Waals surface area contributed by atoms with E-state index in [1.807, 2.05) is 6.92 Å². The number of carbonyl (C=O) groups is 1. The molecular formula is C14H22O5. The van der Waals surface area contributed by atoms with Crippen molar-refractivity contribution < 1.29 is 23.7 Å². The van der Waals surface area contributed by atoms with E-state index in [1.165, 1.54) is 0 Å². The highest BCUT2D eigenvalue weighted by atomic mass is 16.7. The quantitative estimate of drug-likeness (QED) is 0.578. The molecule has 0 amide bonds. The smallest absolute Gasteiger partial charge is 0.318 e. The Bertz CT molecular complexity index is 434. The van der Waals surface area contributed by atoms with Crippen molar-refractivity contribution in [3.05, 3.63) is 0 Å². The maximum absolute atomic E-state index is 12.5. The summed E-state index contributed by atoms with van der Waals surface area (Å²) in [7, 11) is 1.60. The fourth-order valence-electron chi connectivity index (χ4n) is 4.63. The predicted octanol–water partition coefficient (Wildman–Crippen LogP) is 1.84. The van der Waals surface area contributed by atoms with Crippen molar-refractivity contribution in [2.24, 2.45) is 10.8 Å². The van der Waals surface area contributed by atoms with Crippen molar-refractivity contribution >= 4 is 5.97 Å².